The van der Waals surface area contributed by atoms with E-state index in [1.165, 1.54) is 16.7 Å². The van der Waals surface area contributed by atoms with E-state index in [1.54, 1.807) is 12.1 Å². The van der Waals surface area contributed by atoms with Gasteiger partial charge in [-0.05, 0) is 74.9 Å². The molecule has 4 nitrogen and oxygen atoms in total. The zero-order chi connectivity index (χ0) is 37.6. The van der Waals surface area contributed by atoms with Crippen LogP contribution in [0.2, 0.25) is 0 Å². The van der Waals surface area contributed by atoms with Crippen LogP contribution >= 0.6 is 0 Å². The molecule has 4 aromatic carbocycles. The maximum atomic E-state index is 11.2. The van der Waals surface area contributed by atoms with Crippen LogP contribution in [0.4, 0.5) is 0 Å². The summed E-state index contributed by atoms with van der Waals surface area (Å²) >= 11 is 0. The number of fused-ring (bicyclic) bond motifs is 1. The van der Waals surface area contributed by atoms with Gasteiger partial charge in [-0.3, -0.25) is 9.55 Å². The number of aromatic nitrogens is 3. The van der Waals surface area contributed by atoms with Gasteiger partial charge in [0, 0.05) is 38.6 Å². The fraction of sp³-hybridized carbons (Fsp3) is 0.250. The van der Waals surface area contributed by atoms with E-state index in [1.807, 2.05) is 42.6 Å². The molecule has 2 heterocycles. The van der Waals surface area contributed by atoms with Crippen molar-refractivity contribution in [3.05, 3.63) is 151 Å². The second kappa shape index (κ2) is 14.9. The first-order chi connectivity index (χ1) is 24.5. The molecule has 2 aromatic heterocycles. The molecule has 0 unspecified atom stereocenters. The Morgan fingerprint density at radius 2 is 1.32 bits per heavy atom. The number of hydrogen-bond acceptors (Lipinski definition) is 3. The fourth-order valence-corrected chi connectivity index (χ4v) is 6.48. The normalized spacial score (nSPS) is 12.4. The van der Waals surface area contributed by atoms with Gasteiger partial charge >= 0.3 is 0 Å². The Kier molecular flexibility index (Phi) is 11.1. The van der Waals surface area contributed by atoms with E-state index in [0.29, 0.717) is 11.4 Å². The van der Waals surface area contributed by atoms with Crippen molar-refractivity contribution in [2.45, 2.75) is 78.6 Å². The first-order valence-corrected chi connectivity index (χ1v) is 18.0. The summed E-state index contributed by atoms with van der Waals surface area (Å²) in [6, 6.07) is 32.9. The van der Waals surface area contributed by atoms with Crippen LogP contribution in [-0.2, 0) is 37.3 Å². The number of imidazole rings is 1. The number of rotatable bonds is 7. The Labute approximate surface area is 330 Å². The van der Waals surface area contributed by atoms with Gasteiger partial charge in [0.05, 0.1) is 16.6 Å². The minimum Gasteiger partial charge on any atom is -0.507 e. The molecule has 6 aromatic rings. The Morgan fingerprint density at radius 3 is 1.92 bits per heavy atom. The van der Waals surface area contributed by atoms with Gasteiger partial charge in [-0.15, -0.1) is 29.3 Å². The first-order valence-electron chi connectivity index (χ1n) is 18.0. The molecule has 0 aliphatic carbocycles. The van der Waals surface area contributed by atoms with Crippen LogP contribution in [0, 0.1) is 6.07 Å². The maximum Gasteiger partial charge on any atom is 0.148 e. The number of phenols is 1. The van der Waals surface area contributed by atoms with Crippen molar-refractivity contribution in [2.75, 3.05) is 0 Å². The molecule has 0 spiro atoms. The molecule has 0 amide bonds. The molecular formula is C48H50N3OPt-. The van der Waals surface area contributed by atoms with Crippen LogP contribution in [0.25, 0.3) is 56.1 Å². The number of hydrogen-bond donors (Lipinski definition) is 1. The van der Waals surface area contributed by atoms with Crippen molar-refractivity contribution >= 4 is 16.6 Å². The molecule has 53 heavy (non-hydrogen) atoms. The summed E-state index contributed by atoms with van der Waals surface area (Å²) in [4.78, 5) is 10.2. The van der Waals surface area contributed by atoms with Crippen LogP contribution < -0.4 is 0 Å². The molecule has 1 N–H and O–H groups in total. The van der Waals surface area contributed by atoms with Crippen molar-refractivity contribution in [1.29, 1.82) is 0 Å². The number of allylic oxidation sites excluding steroid dienone is 4. The van der Waals surface area contributed by atoms with Gasteiger partial charge in [0.1, 0.15) is 11.6 Å². The summed E-state index contributed by atoms with van der Waals surface area (Å²) in [5.41, 5.74) is 12.4. The Bertz CT molecular complexity index is 2320. The van der Waals surface area contributed by atoms with Gasteiger partial charge in [0.2, 0.25) is 0 Å². The minimum absolute atomic E-state index is 0. The smallest absolute Gasteiger partial charge is 0.148 e. The summed E-state index contributed by atoms with van der Waals surface area (Å²) in [6.45, 7) is 28.1. The molecule has 0 saturated carbocycles. The molecule has 0 bridgehead atoms. The zero-order valence-corrected chi connectivity index (χ0v) is 34.7. The first kappa shape index (κ1) is 39.4. The third-order valence-electron chi connectivity index (χ3n) is 9.65. The van der Waals surface area contributed by atoms with E-state index in [4.69, 9.17) is 9.97 Å². The molecular weight excluding hydrogens is 830 g/mol. The second-order valence-electron chi connectivity index (χ2n) is 16.7. The van der Waals surface area contributed by atoms with E-state index in [9.17, 15) is 5.11 Å². The van der Waals surface area contributed by atoms with Crippen molar-refractivity contribution < 1.29 is 26.2 Å². The molecule has 0 fully saturated rings. The Balaban J connectivity index is 0.00000541. The van der Waals surface area contributed by atoms with Crippen molar-refractivity contribution in [1.82, 2.24) is 14.5 Å². The van der Waals surface area contributed by atoms with Crippen LogP contribution in [0.1, 0.15) is 84.6 Å². The predicted octanol–water partition coefficient (Wildman–Crippen LogP) is 12.6. The summed E-state index contributed by atoms with van der Waals surface area (Å²) in [5.74, 6) is 0.863. The summed E-state index contributed by atoms with van der Waals surface area (Å²) in [7, 11) is 0. The SMILES string of the molecule is C=C/C=C(\C=C)c1ccnc(-c2[c-]c(-c3cccc4c3nc(-c3ccccc3O)n4-c3cc(C(C)(C)C)cc(C(C)(C)C)c3)cc(C(C)(C)C)c2)c1.[Pt]. The molecule has 6 rings (SSSR count). The molecule has 0 aliphatic rings. The number of pyridine rings is 1. The van der Waals surface area contributed by atoms with Gasteiger partial charge < -0.3 is 5.11 Å². The van der Waals surface area contributed by atoms with Crippen LogP contribution in [0.3, 0.4) is 0 Å². The van der Waals surface area contributed by atoms with Crippen molar-refractivity contribution in [2.24, 2.45) is 0 Å². The number of aromatic hydroxyl groups is 1. The van der Waals surface area contributed by atoms with Gasteiger partial charge in [-0.2, -0.15) is 0 Å². The van der Waals surface area contributed by atoms with Gasteiger partial charge in [0.15, 0.2) is 0 Å². The summed E-state index contributed by atoms with van der Waals surface area (Å²) in [6.07, 6.45) is 7.39. The quantitative estimate of drug-likeness (QED) is 0.128. The third-order valence-corrected chi connectivity index (χ3v) is 9.65. The molecule has 274 valence electrons. The van der Waals surface area contributed by atoms with E-state index < -0.39 is 0 Å². The van der Waals surface area contributed by atoms with E-state index in [0.717, 1.165) is 50.2 Å². The average molecular weight is 880 g/mol. The van der Waals surface area contributed by atoms with Crippen LogP contribution in [0.5, 0.6) is 5.75 Å². The molecule has 0 saturated heterocycles. The molecule has 0 aliphatic heterocycles. The van der Waals surface area contributed by atoms with Crippen molar-refractivity contribution in [3.8, 4) is 45.2 Å². The maximum absolute atomic E-state index is 11.2. The number of nitrogens with zero attached hydrogens (tertiary/aromatic N) is 3. The molecule has 0 radical (unpaired) electrons. The van der Waals surface area contributed by atoms with E-state index in [-0.39, 0.29) is 43.1 Å². The van der Waals surface area contributed by atoms with E-state index in [2.05, 4.69) is 141 Å². The van der Waals surface area contributed by atoms with Crippen molar-refractivity contribution in [3.63, 3.8) is 0 Å². The summed E-state index contributed by atoms with van der Waals surface area (Å²) < 4.78 is 2.21. The van der Waals surface area contributed by atoms with Gasteiger partial charge in [-0.1, -0.05) is 141 Å². The topological polar surface area (TPSA) is 50.9 Å². The monoisotopic (exact) mass is 879 g/mol. The predicted molar refractivity (Wildman–Crippen MR) is 220 cm³/mol. The van der Waals surface area contributed by atoms with Gasteiger partial charge in [-0.25, -0.2) is 4.98 Å². The zero-order valence-electron chi connectivity index (χ0n) is 32.4. The van der Waals surface area contributed by atoms with Crippen LogP contribution in [-0.4, -0.2) is 19.6 Å². The molecule has 5 heteroatoms. The third kappa shape index (κ3) is 8.09. The Morgan fingerprint density at radius 1 is 0.717 bits per heavy atom. The van der Waals surface area contributed by atoms with E-state index >= 15 is 0 Å². The summed E-state index contributed by atoms with van der Waals surface area (Å²) in [5, 5.41) is 11.2. The molecule has 0 atom stereocenters. The van der Waals surface area contributed by atoms with Gasteiger partial charge in [0.25, 0.3) is 0 Å². The number of phenolic OH excluding ortho intramolecular Hbond substituents is 1. The number of benzene rings is 4. The number of para-hydroxylation sites is 2. The second-order valence-corrected chi connectivity index (χ2v) is 16.7. The largest absolute Gasteiger partial charge is 0.507 e. The Hall–Kier alpha value is -4.79. The average Bonchev–Trinajstić information content (AvgIpc) is 3.49. The minimum atomic E-state index is -0.143. The standard InChI is InChI=1S/C48H50N3O.Pt/c1-12-17-31(13-2)32-22-23-49-41(27-32)34-24-33(25-35(26-34)46(3,4)5)39-19-16-20-42-44(39)50-45(40-18-14-15-21-43(40)52)51(42)38-29-36(47(6,7)8)28-37(30-38)48(9,10)11;/h12-23,25-30,52H,1-2H2,3-11H3;/q-1;/b31-17+;. The van der Waals surface area contributed by atoms with Crippen LogP contribution in [0.15, 0.2) is 123 Å². The fourth-order valence-electron chi connectivity index (χ4n) is 6.48.